The van der Waals surface area contributed by atoms with Crippen LogP contribution in [0, 0.1) is 10.1 Å². The molecule has 0 amide bonds. The average Bonchev–Trinajstić information content (AvgIpc) is 2.88. The Morgan fingerprint density at radius 1 is 1.50 bits per heavy atom. The maximum atomic E-state index is 10.7. The summed E-state index contributed by atoms with van der Waals surface area (Å²) >= 11 is 0. The second-order valence-corrected chi connectivity index (χ2v) is 4.96. The molecule has 0 radical (unpaired) electrons. The molecule has 0 saturated carbocycles. The van der Waals surface area contributed by atoms with Gasteiger partial charge in [-0.15, -0.1) is 0 Å². The summed E-state index contributed by atoms with van der Waals surface area (Å²) < 4.78 is 5.52. The Bertz CT molecular complexity index is 619. The van der Waals surface area contributed by atoms with E-state index in [1.54, 1.807) is 6.07 Å². The van der Waals surface area contributed by atoms with E-state index in [-0.39, 0.29) is 5.69 Å². The molecule has 1 aliphatic rings. The third-order valence-electron chi connectivity index (χ3n) is 3.49. The molecule has 2 N–H and O–H groups in total. The van der Waals surface area contributed by atoms with Crippen molar-refractivity contribution in [3.8, 4) is 0 Å². The first-order valence-corrected chi connectivity index (χ1v) is 6.74. The van der Waals surface area contributed by atoms with Crippen molar-refractivity contribution >= 4 is 22.8 Å². The molecule has 106 valence electrons. The van der Waals surface area contributed by atoms with Gasteiger partial charge in [-0.3, -0.25) is 10.1 Å². The van der Waals surface area contributed by atoms with E-state index in [2.05, 4.69) is 15.6 Å². The lowest BCUT2D eigenvalue weighted by atomic mass is 10.1. The Kier molecular flexibility index (Phi) is 3.51. The smallest absolute Gasteiger partial charge is 0.295 e. The fraction of sp³-hybridized carbons (Fsp3) is 0.462. The third-order valence-corrected chi connectivity index (χ3v) is 3.49. The van der Waals surface area contributed by atoms with Crippen LogP contribution in [0.5, 0.6) is 0 Å². The predicted octanol–water partition coefficient (Wildman–Crippen LogP) is 2.29. The minimum absolute atomic E-state index is 0.0197. The van der Waals surface area contributed by atoms with Gasteiger partial charge in [0.05, 0.1) is 4.92 Å². The maximum Gasteiger partial charge on any atom is 0.295 e. The zero-order valence-corrected chi connectivity index (χ0v) is 11.0. The summed E-state index contributed by atoms with van der Waals surface area (Å²) in [5.74, 6) is 0. The molecule has 1 atom stereocenters. The van der Waals surface area contributed by atoms with Crippen LogP contribution in [0.4, 0.5) is 11.7 Å². The summed E-state index contributed by atoms with van der Waals surface area (Å²) in [4.78, 5) is 14.5. The van der Waals surface area contributed by atoms with Gasteiger partial charge in [-0.05, 0) is 25.5 Å². The quantitative estimate of drug-likeness (QED) is 0.657. The van der Waals surface area contributed by atoms with Crippen LogP contribution in [0.15, 0.2) is 22.6 Å². The summed E-state index contributed by atoms with van der Waals surface area (Å²) in [7, 11) is 0. The summed E-state index contributed by atoms with van der Waals surface area (Å²) in [5.41, 5.74) is 1.07. The van der Waals surface area contributed by atoms with Gasteiger partial charge in [0.2, 0.25) is 0 Å². The van der Waals surface area contributed by atoms with Crippen molar-refractivity contribution in [1.29, 1.82) is 0 Å². The maximum absolute atomic E-state index is 10.7. The highest BCUT2D eigenvalue weighted by atomic mass is 16.6. The Labute approximate surface area is 115 Å². The highest BCUT2D eigenvalue weighted by Crippen LogP contribution is 2.23. The van der Waals surface area contributed by atoms with Crippen molar-refractivity contribution < 1.29 is 9.34 Å². The van der Waals surface area contributed by atoms with Gasteiger partial charge in [0.1, 0.15) is 5.52 Å². The second-order valence-electron chi connectivity index (χ2n) is 4.96. The van der Waals surface area contributed by atoms with E-state index in [9.17, 15) is 10.1 Å². The topological polar surface area (TPSA) is 93.2 Å². The molecular weight excluding hydrogens is 260 g/mol. The third kappa shape index (κ3) is 2.72. The Hall–Kier alpha value is -2.15. The molecule has 20 heavy (non-hydrogen) atoms. The van der Waals surface area contributed by atoms with Gasteiger partial charge >= 0.3 is 0 Å². The van der Waals surface area contributed by atoms with Gasteiger partial charge < -0.3 is 15.1 Å². The molecule has 2 heterocycles. The number of piperidine rings is 1. The second kappa shape index (κ2) is 5.46. The number of hydrogen-bond acceptors (Lipinski definition) is 6. The van der Waals surface area contributed by atoms with E-state index in [0.29, 0.717) is 23.2 Å². The Morgan fingerprint density at radius 2 is 2.40 bits per heavy atom. The number of non-ortho nitro benzene ring substituents is 1. The summed E-state index contributed by atoms with van der Waals surface area (Å²) in [6.07, 6.45) is 3.60. The van der Waals surface area contributed by atoms with Crippen LogP contribution in [0.3, 0.4) is 0 Å². The normalized spacial score (nSPS) is 19.1. The highest BCUT2D eigenvalue weighted by Gasteiger charge is 2.15. The molecule has 1 aromatic carbocycles. The van der Waals surface area contributed by atoms with Crippen LogP contribution in [0.1, 0.15) is 19.3 Å². The fourth-order valence-electron chi connectivity index (χ4n) is 2.41. The number of oxazole rings is 1. The molecule has 1 aliphatic heterocycles. The Balaban J connectivity index is 1.70. The number of fused-ring (bicyclic) bond motifs is 1. The SMILES string of the molecule is O=[N+]([O-])c1ccc2oc(NCC3CCCCN3)nc2c1. The van der Waals surface area contributed by atoms with E-state index in [4.69, 9.17) is 4.42 Å². The molecule has 0 bridgehead atoms. The molecule has 7 heteroatoms. The number of rotatable bonds is 4. The number of anilines is 1. The van der Waals surface area contributed by atoms with Crippen LogP contribution in [-0.2, 0) is 0 Å². The lowest BCUT2D eigenvalue weighted by Gasteiger charge is -2.23. The lowest BCUT2D eigenvalue weighted by molar-refractivity contribution is -0.384. The molecule has 0 spiro atoms. The molecule has 1 saturated heterocycles. The van der Waals surface area contributed by atoms with Crippen molar-refractivity contribution in [2.75, 3.05) is 18.4 Å². The van der Waals surface area contributed by atoms with Crippen molar-refractivity contribution in [1.82, 2.24) is 10.3 Å². The van der Waals surface area contributed by atoms with E-state index in [0.717, 1.165) is 19.5 Å². The standard InChI is InChI=1S/C13H16N4O3/c18-17(19)10-4-5-12-11(7-10)16-13(20-12)15-8-9-3-1-2-6-14-9/h4-5,7,9,14H,1-3,6,8H2,(H,15,16). The zero-order valence-electron chi connectivity index (χ0n) is 11.0. The minimum atomic E-state index is -0.437. The molecule has 2 aromatic rings. The Morgan fingerprint density at radius 3 is 3.15 bits per heavy atom. The summed E-state index contributed by atoms with van der Waals surface area (Å²) in [6.45, 7) is 1.79. The van der Waals surface area contributed by atoms with Crippen molar-refractivity contribution in [3.63, 3.8) is 0 Å². The highest BCUT2D eigenvalue weighted by molar-refractivity contribution is 5.77. The first-order chi connectivity index (χ1) is 9.72. The van der Waals surface area contributed by atoms with Gasteiger partial charge in [-0.2, -0.15) is 4.98 Å². The summed E-state index contributed by atoms with van der Waals surface area (Å²) in [5, 5.41) is 17.3. The molecule has 7 nitrogen and oxygen atoms in total. The number of nitrogens with one attached hydrogen (secondary N) is 2. The van der Waals surface area contributed by atoms with Crippen LogP contribution < -0.4 is 10.6 Å². The van der Waals surface area contributed by atoms with Crippen molar-refractivity contribution in [2.45, 2.75) is 25.3 Å². The number of nitro benzene ring substituents is 1. The van der Waals surface area contributed by atoms with Crippen LogP contribution >= 0.6 is 0 Å². The van der Waals surface area contributed by atoms with E-state index < -0.39 is 4.92 Å². The largest absolute Gasteiger partial charge is 0.424 e. The van der Waals surface area contributed by atoms with Crippen molar-refractivity contribution in [3.05, 3.63) is 28.3 Å². The lowest BCUT2D eigenvalue weighted by Crippen LogP contribution is -2.39. The minimum Gasteiger partial charge on any atom is -0.424 e. The van der Waals surface area contributed by atoms with Gasteiger partial charge in [-0.25, -0.2) is 0 Å². The van der Waals surface area contributed by atoms with Gasteiger partial charge in [0, 0.05) is 24.7 Å². The zero-order chi connectivity index (χ0) is 13.9. The first-order valence-electron chi connectivity index (χ1n) is 6.74. The van der Waals surface area contributed by atoms with Crippen LogP contribution in [-0.4, -0.2) is 29.0 Å². The van der Waals surface area contributed by atoms with Crippen LogP contribution in [0.2, 0.25) is 0 Å². The number of hydrogen-bond donors (Lipinski definition) is 2. The summed E-state index contributed by atoms with van der Waals surface area (Å²) in [6, 6.07) is 5.24. The molecular formula is C13H16N4O3. The molecule has 1 aromatic heterocycles. The number of benzene rings is 1. The van der Waals surface area contributed by atoms with Crippen molar-refractivity contribution in [2.24, 2.45) is 0 Å². The molecule has 1 unspecified atom stereocenters. The van der Waals surface area contributed by atoms with Gasteiger partial charge in [-0.1, -0.05) is 6.42 Å². The molecule has 0 aliphatic carbocycles. The molecule has 1 fully saturated rings. The average molecular weight is 276 g/mol. The van der Waals surface area contributed by atoms with E-state index in [1.807, 2.05) is 0 Å². The monoisotopic (exact) mass is 276 g/mol. The van der Waals surface area contributed by atoms with E-state index >= 15 is 0 Å². The predicted molar refractivity (Wildman–Crippen MR) is 74.8 cm³/mol. The fourth-order valence-corrected chi connectivity index (χ4v) is 2.41. The van der Waals surface area contributed by atoms with Crippen LogP contribution in [0.25, 0.3) is 11.1 Å². The number of nitrogens with zero attached hydrogens (tertiary/aromatic N) is 2. The van der Waals surface area contributed by atoms with Gasteiger partial charge in [0.25, 0.3) is 11.7 Å². The number of nitro groups is 1. The number of aromatic nitrogens is 1. The van der Waals surface area contributed by atoms with Gasteiger partial charge in [0.15, 0.2) is 5.58 Å². The van der Waals surface area contributed by atoms with E-state index in [1.165, 1.54) is 25.0 Å². The molecule has 3 rings (SSSR count). The first kappa shape index (κ1) is 12.9.